The number of ether oxygens (including phenoxy) is 2. The monoisotopic (exact) mass is 782 g/mol. The van der Waals surface area contributed by atoms with Crippen molar-refractivity contribution >= 4 is 62.8 Å². The van der Waals surface area contributed by atoms with Crippen molar-refractivity contribution in [2.75, 3.05) is 18.9 Å². The first-order valence-electron chi connectivity index (χ1n) is 19.3. The molecule has 3 aromatic rings. The molecule has 0 aliphatic carbocycles. The second-order valence-corrected chi connectivity index (χ2v) is 17.3. The number of carboxylic acid groups (broad SMARTS) is 1. The minimum atomic E-state index is -1.02. The summed E-state index contributed by atoms with van der Waals surface area (Å²) in [5.41, 5.74) is 16.4. The van der Waals surface area contributed by atoms with Gasteiger partial charge >= 0.3 is 11.9 Å². The normalized spacial score (nSPS) is 20.6. The molecule has 0 radical (unpaired) electrons. The zero-order valence-corrected chi connectivity index (χ0v) is 34.5. The molecule has 0 spiro atoms. The van der Waals surface area contributed by atoms with E-state index in [1.54, 1.807) is 13.8 Å². The molecule has 6 heterocycles. The van der Waals surface area contributed by atoms with Gasteiger partial charge < -0.3 is 35.6 Å². The lowest BCUT2D eigenvalue weighted by Gasteiger charge is -2.31. The summed E-state index contributed by atoms with van der Waals surface area (Å²) in [7, 11) is 0. The zero-order chi connectivity index (χ0) is 40.7. The second-order valence-electron chi connectivity index (χ2n) is 15.7. The molecule has 8 bridgehead atoms. The molecule has 0 saturated heterocycles. The first-order valence-corrected chi connectivity index (χ1v) is 20.3. The summed E-state index contributed by atoms with van der Waals surface area (Å²) >= 11 is 1.43. The Bertz CT molecular complexity index is 2300. The molecule has 3 aliphatic rings. The maximum atomic E-state index is 14.7. The van der Waals surface area contributed by atoms with Crippen molar-refractivity contribution in [1.82, 2.24) is 25.3 Å². The van der Waals surface area contributed by atoms with Crippen LogP contribution >= 0.6 is 11.8 Å². The topological polar surface area (TPSA) is 185 Å². The van der Waals surface area contributed by atoms with Crippen LogP contribution in [0.25, 0.3) is 33.2 Å². The van der Waals surface area contributed by atoms with Crippen LogP contribution < -0.4 is 11.1 Å². The van der Waals surface area contributed by atoms with Crippen molar-refractivity contribution in [3.63, 3.8) is 0 Å². The highest BCUT2D eigenvalue weighted by atomic mass is 32.2. The van der Waals surface area contributed by atoms with Gasteiger partial charge in [0.05, 0.1) is 41.2 Å². The van der Waals surface area contributed by atoms with Crippen LogP contribution in [0.3, 0.4) is 0 Å². The van der Waals surface area contributed by atoms with E-state index in [2.05, 4.69) is 35.7 Å². The summed E-state index contributed by atoms with van der Waals surface area (Å²) in [5, 5.41) is 12.9. The van der Waals surface area contributed by atoms with Gasteiger partial charge in [0.2, 0.25) is 5.91 Å². The molecule has 0 fully saturated rings. The second kappa shape index (κ2) is 16.0. The molecular weight excluding hydrogens is 729 g/mol. The number of aromatic nitrogens is 4. The zero-order valence-electron chi connectivity index (χ0n) is 33.7. The number of H-pyrrole nitrogens is 2. The smallest absolute Gasteiger partial charge is 0.342 e. The SMILES string of the molecule is C=CC1=C(C)c2cc3nc(c4c5[nH]c(cc6[nH]c(cc1n2)c(C)c6CC)c(C)c5C(=O)OC(C)(CCOC(C)(C)N)SCCNC(=O)C4)[C@@H](CCC(=O)O)[C@@H]3C. The van der Waals surface area contributed by atoms with E-state index in [-0.39, 0.29) is 43.6 Å². The maximum Gasteiger partial charge on any atom is 0.342 e. The number of nitrogens with two attached hydrogens (primary N) is 1. The predicted molar refractivity (Wildman–Crippen MR) is 222 cm³/mol. The highest BCUT2D eigenvalue weighted by molar-refractivity contribution is 8.00. The number of cyclic esters (lactones) is 1. The van der Waals surface area contributed by atoms with E-state index in [9.17, 15) is 19.5 Å². The number of carbonyl (C=O) groups excluding carboxylic acids is 2. The van der Waals surface area contributed by atoms with E-state index in [4.69, 9.17) is 25.2 Å². The van der Waals surface area contributed by atoms with Gasteiger partial charge in [-0.2, -0.15) is 0 Å². The van der Waals surface area contributed by atoms with Gasteiger partial charge in [-0.3, -0.25) is 14.6 Å². The van der Waals surface area contributed by atoms with Crippen LogP contribution in [0.5, 0.6) is 0 Å². The number of hydrogen-bond acceptors (Lipinski definition) is 9. The van der Waals surface area contributed by atoms with Gasteiger partial charge in [0, 0.05) is 70.4 Å². The minimum absolute atomic E-state index is 0.0945. The number of carbonyl (C=O) groups is 3. The molecule has 1 amide bonds. The van der Waals surface area contributed by atoms with Crippen molar-refractivity contribution in [3.05, 3.63) is 81.4 Å². The van der Waals surface area contributed by atoms with Gasteiger partial charge in [-0.05, 0) is 94.8 Å². The van der Waals surface area contributed by atoms with E-state index in [0.29, 0.717) is 57.8 Å². The van der Waals surface area contributed by atoms with Crippen molar-refractivity contribution in [1.29, 1.82) is 0 Å². The summed E-state index contributed by atoms with van der Waals surface area (Å²) in [6, 6.07) is 6.00. The summed E-state index contributed by atoms with van der Waals surface area (Å²) < 4.78 is 12.3. The van der Waals surface area contributed by atoms with Gasteiger partial charge in [0.25, 0.3) is 0 Å². The van der Waals surface area contributed by atoms with Gasteiger partial charge in [-0.25, -0.2) is 9.78 Å². The van der Waals surface area contributed by atoms with Crippen LogP contribution in [-0.4, -0.2) is 72.5 Å². The molecule has 6 rings (SSSR count). The number of allylic oxidation sites excluding steroid dienone is 3. The van der Waals surface area contributed by atoms with Crippen LogP contribution in [-0.2, 0) is 31.9 Å². The molecule has 13 heteroatoms. The highest BCUT2D eigenvalue weighted by Crippen LogP contribution is 2.44. The molecule has 12 nitrogen and oxygen atoms in total. The third-order valence-electron chi connectivity index (χ3n) is 11.1. The van der Waals surface area contributed by atoms with Crippen LogP contribution in [0.1, 0.15) is 128 Å². The summed E-state index contributed by atoms with van der Waals surface area (Å²) in [6.07, 6.45) is 3.00. The molecule has 6 N–H and O–H groups in total. The molecule has 3 aliphatic heterocycles. The van der Waals surface area contributed by atoms with Crippen molar-refractivity contribution in [2.24, 2.45) is 5.73 Å². The van der Waals surface area contributed by atoms with Crippen molar-refractivity contribution in [2.45, 2.75) is 110 Å². The number of hydrogen-bond donors (Lipinski definition) is 5. The Hall–Kier alpha value is -4.72. The lowest BCUT2D eigenvalue weighted by Crippen LogP contribution is -2.38. The molecule has 298 valence electrons. The highest BCUT2D eigenvalue weighted by Gasteiger charge is 2.36. The molecule has 3 atom stereocenters. The van der Waals surface area contributed by atoms with Crippen LogP contribution in [0.2, 0.25) is 0 Å². The average molecular weight is 783 g/mol. The van der Waals surface area contributed by atoms with Crippen LogP contribution in [0.15, 0.2) is 30.9 Å². The predicted octanol–water partition coefficient (Wildman–Crippen LogP) is 7.74. The number of nitrogens with zero attached hydrogens (tertiary/aromatic N) is 2. The first-order chi connectivity index (χ1) is 26.4. The number of aromatic amines is 2. The Labute approximate surface area is 332 Å². The van der Waals surface area contributed by atoms with Gasteiger partial charge in [-0.1, -0.05) is 26.5 Å². The Morgan fingerprint density at radius 1 is 1.12 bits per heavy atom. The molecule has 1 unspecified atom stereocenters. The molecule has 0 aromatic carbocycles. The largest absolute Gasteiger partial charge is 0.481 e. The van der Waals surface area contributed by atoms with E-state index >= 15 is 0 Å². The Kier molecular flexibility index (Phi) is 11.7. The minimum Gasteiger partial charge on any atom is -0.481 e. The first kappa shape index (κ1) is 40.9. The third-order valence-corrected chi connectivity index (χ3v) is 12.4. The van der Waals surface area contributed by atoms with E-state index < -0.39 is 22.6 Å². The molecule has 0 saturated carbocycles. The van der Waals surface area contributed by atoms with Crippen molar-refractivity contribution in [3.8, 4) is 0 Å². The molecular formula is C43H54N6O6S. The number of aliphatic carboxylic acids is 1. The average Bonchev–Trinajstić information content (AvgIpc) is 3.80. The van der Waals surface area contributed by atoms with Gasteiger partial charge in [0.15, 0.2) is 4.93 Å². The molecule has 3 aromatic heterocycles. The van der Waals surface area contributed by atoms with Gasteiger partial charge in [-0.15, -0.1) is 11.8 Å². The fourth-order valence-corrected chi connectivity index (χ4v) is 8.95. The number of esters is 1. The summed E-state index contributed by atoms with van der Waals surface area (Å²) in [4.78, 5) is 57.1. The summed E-state index contributed by atoms with van der Waals surface area (Å²) in [5.74, 6) is -1.84. The quantitative estimate of drug-likeness (QED) is 0.106. The fourth-order valence-electron chi connectivity index (χ4n) is 7.95. The van der Waals surface area contributed by atoms with E-state index in [1.165, 1.54) is 11.8 Å². The van der Waals surface area contributed by atoms with E-state index in [0.717, 1.165) is 51.1 Å². The number of fused-ring (bicyclic) bond motifs is 8. The lowest BCUT2D eigenvalue weighted by molar-refractivity contribution is -0.137. The number of rotatable bonds is 9. The number of nitrogens with one attached hydrogen (secondary N) is 3. The lowest BCUT2D eigenvalue weighted by atomic mass is 9.85. The van der Waals surface area contributed by atoms with Gasteiger partial charge in [0.1, 0.15) is 5.72 Å². The summed E-state index contributed by atoms with van der Waals surface area (Å²) in [6.45, 7) is 20.2. The standard InChI is InChI=1S/C43H54N6O6S/c1-10-26-22(3)30-19-32-24(5)28(12-13-37(51)52)39(48-32)29-18-36(50)45-15-17-56-43(9,14-16-54-42(7,8)44)55-41(53)38-25(6)33(49-40(29)38)21-35-27(11-2)23(4)31(47-35)20-34(26)46-30/h10,19-21,24,28,47,49H,1,11-18,44H2,2-9H3,(H,45,50)(H,51,52)/t24-,28-,43?/m0/s1. The Balaban J connectivity index is 1.74. The number of carboxylic acids is 1. The number of aryl methyl sites for hydroxylation is 3. The van der Waals surface area contributed by atoms with E-state index in [1.807, 2.05) is 52.0 Å². The molecule has 56 heavy (non-hydrogen) atoms. The third kappa shape index (κ3) is 8.35. The van der Waals surface area contributed by atoms with Crippen LogP contribution in [0, 0.1) is 13.8 Å². The number of thioether (sulfide) groups is 1. The fraction of sp³-hybridized carbons (Fsp3) is 0.465. The Morgan fingerprint density at radius 2 is 1.86 bits per heavy atom. The Morgan fingerprint density at radius 3 is 2.54 bits per heavy atom. The van der Waals surface area contributed by atoms with Crippen molar-refractivity contribution < 1.29 is 29.0 Å². The number of amides is 1. The maximum absolute atomic E-state index is 14.7. The van der Waals surface area contributed by atoms with Crippen LogP contribution in [0.4, 0.5) is 0 Å².